The first-order valence-corrected chi connectivity index (χ1v) is 11.4. The molecule has 0 unspecified atom stereocenters. The maximum Gasteiger partial charge on any atom is 0.260 e. The van der Waals surface area contributed by atoms with E-state index in [-0.39, 0.29) is 12.5 Å². The maximum absolute atomic E-state index is 12.2. The fourth-order valence-corrected chi connectivity index (χ4v) is 4.40. The van der Waals surface area contributed by atoms with E-state index >= 15 is 0 Å². The Kier molecular flexibility index (Phi) is 7.42. The molecule has 0 radical (unpaired) electrons. The third-order valence-corrected chi connectivity index (χ3v) is 6.11. The first kappa shape index (κ1) is 23.4. The van der Waals surface area contributed by atoms with Gasteiger partial charge in [0.2, 0.25) is 0 Å². The molecule has 3 heterocycles. The van der Waals surface area contributed by atoms with Gasteiger partial charge in [-0.2, -0.15) is 0 Å². The van der Waals surface area contributed by atoms with Crippen molar-refractivity contribution in [1.29, 1.82) is 0 Å². The lowest BCUT2D eigenvalue weighted by molar-refractivity contribution is -0.137. The highest BCUT2D eigenvalue weighted by molar-refractivity contribution is 5.77. The molecule has 1 aromatic carbocycles. The molecule has 1 aromatic heterocycles. The van der Waals surface area contributed by atoms with Crippen molar-refractivity contribution in [2.75, 3.05) is 64.5 Å². The van der Waals surface area contributed by atoms with Gasteiger partial charge in [-0.3, -0.25) is 9.69 Å². The number of aliphatic hydroxyl groups is 1. The van der Waals surface area contributed by atoms with E-state index in [0.29, 0.717) is 58.1 Å². The third-order valence-electron chi connectivity index (χ3n) is 6.11. The Morgan fingerprint density at radius 1 is 1.21 bits per heavy atom. The van der Waals surface area contributed by atoms with Gasteiger partial charge in [0.25, 0.3) is 5.91 Å². The average molecular weight is 456 g/mol. The predicted molar refractivity (Wildman–Crippen MR) is 124 cm³/mol. The van der Waals surface area contributed by atoms with E-state index in [1.54, 1.807) is 11.2 Å². The van der Waals surface area contributed by atoms with Crippen LogP contribution in [0.4, 0.5) is 5.82 Å². The highest BCUT2D eigenvalue weighted by atomic mass is 16.5. The van der Waals surface area contributed by atoms with Crippen LogP contribution in [0.5, 0.6) is 5.75 Å². The topological polar surface area (TPSA) is 91.3 Å². The molecule has 1 atom stereocenters. The molecule has 0 aliphatic carbocycles. The summed E-state index contributed by atoms with van der Waals surface area (Å²) >= 11 is 0. The highest BCUT2D eigenvalue weighted by Crippen LogP contribution is 2.27. The first-order chi connectivity index (χ1) is 15.9. The van der Waals surface area contributed by atoms with E-state index < -0.39 is 5.60 Å². The quantitative estimate of drug-likeness (QED) is 0.633. The van der Waals surface area contributed by atoms with Crippen LogP contribution in [0, 0.1) is 6.92 Å². The number of hydrogen-bond acceptors (Lipinski definition) is 8. The number of anilines is 1. The Hall–Kier alpha value is -2.75. The number of nitrogens with zero attached hydrogens (tertiary/aromatic N) is 5. The van der Waals surface area contributed by atoms with Crippen molar-refractivity contribution in [2.24, 2.45) is 0 Å². The van der Waals surface area contributed by atoms with Gasteiger partial charge in [-0.15, -0.1) is 0 Å². The molecule has 2 aromatic rings. The number of amides is 1. The number of aryl methyl sites for hydroxylation is 1. The number of likely N-dealkylation sites (N-methyl/N-ethyl adjacent to an activating group) is 1. The molecule has 0 bridgehead atoms. The molecule has 2 saturated heterocycles. The van der Waals surface area contributed by atoms with Crippen molar-refractivity contribution in [3.8, 4) is 5.75 Å². The Balaban J connectivity index is 1.24. The normalized spacial score (nSPS) is 21.0. The van der Waals surface area contributed by atoms with Crippen LogP contribution in [0.2, 0.25) is 0 Å². The number of carbonyl (C=O) groups excluding carboxylic acids is 1. The smallest absolute Gasteiger partial charge is 0.260 e. The lowest BCUT2D eigenvalue weighted by atomic mass is 10.0. The van der Waals surface area contributed by atoms with Crippen molar-refractivity contribution < 1.29 is 19.4 Å². The van der Waals surface area contributed by atoms with Crippen molar-refractivity contribution in [3.05, 3.63) is 47.9 Å². The number of benzene rings is 1. The molecule has 0 saturated carbocycles. The number of aromatic nitrogens is 2. The lowest BCUT2D eigenvalue weighted by Gasteiger charge is -2.29. The minimum absolute atomic E-state index is 0.0157. The molecule has 2 aliphatic heterocycles. The number of ether oxygens (including phenoxy) is 2. The molecule has 2 aliphatic rings. The number of carbonyl (C=O) groups is 1. The van der Waals surface area contributed by atoms with Gasteiger partial charge in [-0.1, -0.05) is 12.1 Å². The molecule has 33 heavy (non-hydrogen) atoms. The summed E-state index contributed by atoms with van der Waals surface area (Å²) in [7, 11) is 2.01. The Morgan fingerprint density at radius 2 is 1.97 bits per heavy atom. The summed E-state index contributed by atoms with van der Waals surface area (Å²) in [6, 6.07) is 9.73. The molecule has 0 spiro atoms. The minimum atomic E-state index is -0.781. The molecular weight excluding hydrogens is 422 g/mol. The SMILES string of the molecule is Cc1cc(N2CC[C@](O)(CN(C)Cc3ccc(OCC(=O)N4CCOCC4)cc3)C2)ncn1. The summed E-state index contributed by atoms with van der Waals surface area (Å²) < 4.78 is 10.9. The Labute approximate surface area is 194 Å². The van der Waals surface area contributed by atoms with E-state index in [4.69, 9.17) is 9.47 Å². The largest absolute Gasteiger partial charge is 0.484 e. The molecule has 178 valence electrons. The van der Waals surface area contributed by atoms with E-state index in [9.17, 15) is 9.90 Å². The van der Waals surface area contributed by atoms with Gasteiger partial charge < -0.3 is 24.4 Å². The molecule has 4 rings (SSSR count). The van der Waals surface area contributed by atoms with Gasteiger partial charge in [0.05, 0.1) is 18.8 Å². The summed E-state index contributed by atoms with van der Waals surface area (Å²) in [5.41, 5.74) is 1.26. The maximum atomic E-state index is 12.2. The van der Waals surface area contributed by atoms with E-state index in [0.717, 1.165) is 23.6 Å². The fraction of sp³-hybridized carbons (Fsp3) is 0.542. The van der Waals surface area contributed by atoms with E-state index in [2.05, 4.69) is 19.8 Å². The monoisotopic (exact) mass is 455 g/mol. The number of β-amino-alcohol motifs (C(OH)–C–C–N with tert-alkyl or cyclic N) is 1. The van der Waals surface area contributed by atoms with Gasteiger partial charge >= 0.3 is 0 Å². The Morgan fingerprint density at radius 3 is 2.70 bits per heavy atom. The van der Waals surface area contributed by atoms with Crippen LogP contribution in [-0.4, -0.2) is 96.0 Å². The zero-order chi connectivity index (χ0) is 23.3. The summed E-state index contributed by atoms with van der Waals surface area (Å²) in [5, 5.41) is 11.1. The van der Waals surface area contributed by atoms with Crippen LogP contribution >= 0.6 is 0 Å². The number of morpholine rings is 1. The second-order valence-corrected chi connectivity index (χ2v) is 9.01. The molecule has 9 heteroatoms. The standard InChI is InChI=1S/C24H33N5O4/c1-19-13-22(26-18-25-19)29-8-7-24(31,17-29)16-27(2)14-20-3-5-21(6-4-20)33-15-23(30)28-9-11-32-12-10-28/h3-6,13,18,31H,7-12,14-17H2,1-2H3/t24-/m0/s1. The van der Waals surface area contributed by atoms with Crippen LogP contribution in [0.15, 0.2) is 36.7 Å². The van der Waals surface area contributed by atoms with Gasteiger partial charge in [0.1, 0.15) is 17.9 Å². The van der Waals surface area contributed by atoms with E-state index in [1.807, 2.05) is 44.3 Å². The summed E-state index contributed by atoms with van der Waals surface area (Å²) in [6.45, 7) is 7.00. The van der Waals surface area contributed by atoms with Crippen molar-refractivity contribution >= 4 is 11.7 Å². The molecular formula is C24H33N5O4. The molecule has 1 N–H and O–H groups in total. The number of rotatable bonds is 8. The average Bonchev–Trinajstić information content (AvgIpc) is 3.20. The van der Waals surface area contributed by atoms with Crippen LogP contribution in [0.1, 0.15) is 17.7 Å². The number of hydrogen-bond donors (Lipinski definition) is 1. The highest BCUT2D eigenvalue weighted by Gasteiger charge is 2.37. The molecule has 9 nitrogen and oxygen atoms in total. The zero-order valence-corrected chi connectivity index (χ0v) is 19.4. The van der Waals surface area contributed by atoms with Crippen LogP contribution in [-0.2, 0) is 16.1 Å². The second kappa shape index (κ2) is 10.5. The van der Waals surface area contributed by atoms with Gasteiger partial charge in [-0.25, -0.2) is 9.97 Å². The van der Waals surface area contributed by atoms with Gasteiger partial charge in [0, 0.05) is 51.0 Å². The second-order valence-electron chi connectivity index (χ2n) is 9.01. The van der Waals surface area contributed by atoms with Gasteiger partial charge in [0.15, 0.2) is 6.61 Å². The predicted octanol–water partition coefficient (Wildman–Crippen LogP) is 1.10. The molecule has 2 fully saturated rings. The van der Waals surface area contributed by atoms with Crippen LogP contribution in [0.25, 0.3) is 0 Å². The zero-order valence-electron chi connectivity index (χ0n) is 19.4. The van der Waals surface area contributed by atoms with Gasteiger partial charge in [-0.05, 0) is 38.1 Å². The Bertz CT molecular complexity index is 935. The van der Waals surface area contributed by atoms with Crippen molar-refractivity contribution in [1.82, 2.24) is 19.8 Å². The lowest BCUT2D eigenvalue weighted by Crippen LogP contribution is -2.43. The van der Waals surface area contributed by atoms with Crippen LogP contribution < -0.4 is 9.64 Å². The third kappa shape index (κ3) is 6.40. The van der Waals surface area contributed by atoms with Crippen molar-refractivity contribution in [3.63, 3.8) is 0 Å². The molecule has 1 amide bonds. The first-order valence-electron chi connectivity index (χ1n) is 11.4. The van der Waals surface area contributed by atoms with Crippen molar-refractivity contribution in [2.45, 2.75) is 25.5 Å². The summed E-state index contributed by atoms with van der Waals surface area (Å²) in [5.74, 6) is 1.52. The van der Waals surface area contributed by atoms with Crippen LogP contribution in [0.3, 0.4) is 0 Å². The minimum Gasteiger partial charge on any atom is -0.484 e. The summed E-state index contributed by atoms with van der Waals surface area (Å²) in [6.07, 6.45) is 2.27. The van der Waals surface area contributed by atoms with E-state index in [1.165, 1.54) is 0 Å². The summed E-state index contributed by atoms with van der Waals surface area (Å²) in [4.78, 5) is 26.7. The fourth-order valence-electron chi connectivity index (χ4n) is 4.40.